The molecular formula is C16H13FN2O4S. The van der Waals surface area contributed by atoms with Crippen LogP contribution in [-0.4, -0.2) is 41.8 Å². The lowest BCUT2D eigenvalue weighted by molar-refractivity contribution is 0.0697. The van der Waals surface area contributed by atoms with Crippen LogP contribution in [0.3, 0.4) is 0 Å². The summed E-state index contributed by atoms with van der Waals surface area (Å²) < 4.78 is 22.1. The van der Waals surface area contributed by atoms with Gasteiger partial charge in [-0.3, -0.25) is 9.20 Å². The van der Waals surface area contributed by atoms with Crippen LogP contribution in [0.4, 0.5) is 10.1 Å². The molecule has 0 aliphatic carbocycles. The molecule has 1 aliphatic rings. The quantitative estimate of drug-likeness (QED) is 0.756. The van der Waals surface area contributed by atoms with E-state index in [1.165, 1.54) is 0 Å². The number of rotatable bonds is 2. The van der Waals surface area contributed by atoms with E-state index in [9.17, 15) is 19.1 Å². The number of pyridine rings is 1. The molecule has 0 atom stereocenters. The van der Waals surface area contributed by atoms with Gasteiger partial charge in [0.05, 0.1) is 34.5 Å². The molecule has 6 nitrogen and oxygen atoms in total. The number of hydrogen-bond acceptors (Lipinski definition) is 5. The Morgan fingerprint density at radius 1 is 1.33 bits per heavy atom. The van der Waals surface area contributed by atoms with E-state index in [4.69, 9.17) is 4.74 Å². The summed E-state index contributed by atoms with van der Waals surface area (Å²) in [6.45, 7) is 5.99. The van der Waals surface area contributed by atoms with Gasteiger partial charge in [0.15, 0.2) is 0 Å². The van der Waals surface area contributed by atoms with Crippen LogP contribution in [0.2, 0.25) is 0 Å². The molecule has 1 N–H and O–H groups in total. The molecule has 0 unspecified atom stereocenters. The maximum Gasteiger partial charge on any atom is 0.342 e. The normalized spacial score (nSPS) is 15.5. The molecule has 24 heavy (non-hydrogen) atoms. The first-order chi connectivity index (χ1) is 11.5. The predicted octanol–water partition coefficient (Wildman–Crippen LogP) is 1.32. The van der Waals surface area contributed by atoms with Crippen molar-refractivity contribution in [3.8, 4) is 0 Å². The number of anilines is 1. The smallest absolute Gasteiger partial charge is 0.342 e. The summed E-state index contributed by atoms with van der Waals surface area (Å²) in [5, 5.41) is 9.35. The number of carboxylic acid groups (broad SMARTS) is 1. The Kier molecular flexibility index (Phi) is 3.33. The molecule has 0 bridgehead atoms. The van der Waals surface area contributed by atoms with E-state index >= 15 is 0 Å². The molecule has 1 fully saturated rings. The number of benzene rings is 1. The third-order valence-electron chi connectivity index (χ3n) is 4.22. The monoisotopic (exact) mass is 348 g/mol. The van der Waals surface area contributed by atoms with Crippen molar-refractivity contribution in [2.75, 3.05) is 31.2 Å². The summed E-state index contributed by atoms with van der Waals surface area (Å²) in [6.07, 6.45) is 0. The minimum absolute atomic E-state index is 0.0482. The van der Waals surface area contributed by atoms with Crippen LogP contribution in [-0.2, 0) is 4.74 Å². The van der Waals surface area contributed by atoms with Crippen molar-refractivity contribution in [3.05, 3.63) is 38.4 Å². The minimum atomic E-state index is -1.32. The van der Waals surface area contributed by atoms with E-state index in [2.05, 4.69) is 6.58 Å². The van der Waals surface area contributed by atoms with Crippen molar-refractivity contribution in [1.82, 2.24) is 4.40 Å². The summed E-state index contributed by atoms with van der Waals surface area (Å²) in [4.78, 5) is 26.1. The second kappa shape index (κ2) is 5.29. The van der Waals surface area contributed by atoms with Gasteiger partial charge in [-0.25, -0.2) is 9.18 Å². The number of fused-ring (bicyclic) bond motifs is 3. The number of carboxylic acids is 1. The molecule has 3 heterocycles. The standard InChI is InChI=1S/C16H13FN2O4S/c1-8-19-11-7-12(18-2-4-23-5-3-18)10(17)6-9(11)14(20)13(16(21)22)15(19)24-8/h6-7H,1-5H2,(H,21,22). The highest BCUT2D eigenvalue weighted by Gasteiger charge is 2.24. The number of aromatic carboxylic acids is 1. The first-order valence-electron chi connectivity index (χ1n) is 7.34. The van der Waals surface area contributed by atoms with Gasteiger partial charge in [0.2, 0.25) is 5.43 Å². The van der Waals surface area contributed by atoms with Crippen LogP contribution in [0.25, 0.3) is 22.3 Å². The average Bonchev–Trinajstić information content (AvgIpc) is 2.55. The highest BCUT2D eigenvalue weighted by atomic mass is 32.1. The molecule has 0 spiro atoms. The minimum Gasteiger partial charge on any atom is -0.477 e. The Hall–Kier alpha value is -2.45. The Morgan fingerprint density at radius 2 is 2.04 bits per heavy atom. The Morgan fingerprint density at radius 3 is 2.67 bits per heavy atom. The number of aromatic nitrogens is 1. The number of halogens is 1. The summed E-state index contributed by atoms with van der Waals surface area (Å²) in [7, 11) is 0. The lowest BCUT2D eigenvalue weighted by atomic mass is 10.1. The van der Waals surface area contributed by atoms with Gasteiger partial charge in [0, 0.05) is 13.1 Å². The molecule has 1 saturated heterocycles. The zero-order valence-corrected chi connectivity index (χ0v) is 13.4. The molecule has 4 rings (SSSR count). The first-order valence-corrected chi connectivity index (χ1v) is 8.16. The Balaban J connectivity index is 2.05. The fraction of sp³-hybridized carbons (Fsp3) is 0.250. The van der Waals surface area contributed by atoms with Gasteiger partial charge in [-0.2, -0.15) is 0 Å². The van der Waals surface area contributed by atoms with Crippen molar-refractivity contribution in [1.29, 1.82) is 0 Å². The second-order valence-corrected chi connectivity index (χ2v) is 6.63. The third-order valence-corrected chi connectivity index (χ3v) is 5.22. The van der Waals surface area contributed by atoms with E-state index in [0.29, 0.717) is 47.0 Å². The zero-order chi connectivity index (χ0) is 17.0. The van der Waals surface area contributed by atoms with Gasteiger partial charge in [-0.1, -0.05) is 17.9 Å². The third kappa shape index (κ3) is 2.03. The van der Waals surface area contributed by atoms with Gasteiger partial charge in [0.1, 0.15) is 16.2 Å². The van der Waals surface area contributed by atoms with E-state index in [0.717, 1.165) is 17.4 Å². The summed E-state index contributed by atoms with van der Waals surface area (Å²) >= 11 is 1.14. The Bertz CT molecular complexity index is 1080. The number of carbonyl (C=O) groups is 1. The molecular weight excluding hydrogens is 335 g/mol. The van der Waals surface area contributed by atoms with Crippen LogP contribution >= 0.6 is 11.3 Å². The Labute approximate surface area is 139 Å². The van der Waals surface area contributed by atoms with E-state index in [-0.39, 0.29) is 10.9 Å². The second-order valence-electron chi connectivity index (χ2n) is 5.57. The van der Waals surface area contributed by atoms with Crippen molar-refractivity contribution < 1.29 is 19.0 Å². The molecule has 1 aliphatic heterocycles. The molecule has 0 amide bonds. The van der Waals surface area contributed by atoms with Crippen molar-refractivity contribution in [3.63, 3.8) is 0 Å². The molecule has 1 aromatic carbocycles. The maximum absolute atomic E-state index is 14.6. The number of hydrogen-bond donors (Lipinski definition) is 1. The zero-order valence-electron chi connectivity index (χ0n) is 12.5. The van der Waals surface area contributed by atoms with Crippen LogP contribution in [0.15, 0.2) is 16.9 Å². The van der Waals surface area contributed by atoms with E-state index < -0.39 is 17.2 Å². The lowest BCUT2D eigenvalue weighted by Gasteiger charge is -2.29. The molecule has 0 radical (unpaired) electrons. The van der Waals surface area contributed by atoms with E-state index in [1.807, 2.05) is 4.90 Å². The van der Waals surface area contributed by atoms with Crippen LogP contribution in [0.5, 0.6) is 0 Å². The van der Waals surface area contributed by atoms with Gasteiger partial charge < -0.3 is 14.7 Å². The first kappa shape index (κ1) is 15.1. The summed E-state index contributed by atoms with van der Waals surface area (Å²) in [5.41, 5.74) is -0.145. The maximum atomic E-state index is 14.6. The lowest BCUT2D eigenvalue weighted by Crippen LogP contribution is -2.37. The van der Waals surface area contributed by atoms with Crippen molar-refractivity contribution in [2.45, 2.75) is 0 Å². The number of morpholine rings is 1. The fourth-order valence-corrected chi connectivity index (χ4v) is 4.02. The SMILES string of the molecule is C=c1sc2c(C(=O)O)c(=O)c3cc(F)c(N4CCOCC4)cc3n12. The van der Waals surface area contributed by atoms with Crippen LogP contribution in [0, 0.1) is 5.82 Å². The summed E-state index contributed by atoms with van der Waals surface area (Å²) in [5.74, 6) is -1.86. The molecule has 3 aromatic rings. The topological polar surface area (TPSA) is 71.2 Å². The highest BCUT2D eigenvalue weighted by molar-refractivity contribution is 7.17. The van der Waals surface area contributed by atoms with Gasteiger partial charge in [-0.05, 0) is 12.1 Å². The molecule has 8 heteroatoms. The van der Waals surface area contributed by atoms with Crippen molar-refractivity contribution >= 4 is 45.3 Å². The molecule has 0 saturated carbocycles. The summed E-state index contributed by atoms with van der Waals surface area (Å²) in [6, 6.07) is 2.72. The van der Waals surface area contributed by atoms with Crippen molar-refractivity contribution in [2.24, 2.45) is 0 Å². The average molecular weight is 348 g/mol. The largest absolute Gasteiger partial charge is 0.477 e. The number of nitrogens with zero attached hydrogens (tertiary/aromatic N) is 2. The van der Waals surface area contributed by atoms with Gasteiger partial charge >= 0.3 is 5.97 Å². The van der Waals surface area contributed by atoms with Crippen LogP contribution in [0.1, 0.15) is 10.4 Å². The fourth-order valence-electron chi connectivity index (χ4n) is 3.07. The van der Waals surface area contributed by atoms with Crippen LogP contribution < -0.4 is 15.0 Å². The highest BCUT2D eigenvalue weighted by Crippen LogP contribution is 2.28. The van der Waals surface area contributed by atoms with Gasteiger partial charge in [0.25, 0.3) is 0 Å². The van der Waals surface area contributed by atoms with E-state index in [1.54, 1.807) is 10.5 Å². The molecule has 2 aromatic heterocycles. The van der Waals surface area contributed by atoms with Gasteiger partial charge in [-0.15, -0.1) is 0 Å². The number of ether oxygens (including phenoxy) is 1. The molecule has 124 valence electrons. The predicted molar refractivity (Wildman–Crippen MR) is 89.7 cm³/mol.